The van der Waals surface area contributed by atoms with Crippen LogP contribution in [0.4, 0.5) is 18.9 Å². The van der Waals surface area contributed by atoms with Gasteiger partial charge in [0.25, 0.3) is 5.91 Å². The predicted octanol–water partition coefficient (Wildman–Crippen LogP) is 6.43. The molecule has 10 heteroatoms. The topological polar surface area (TPSA) is 89.5 Å². The van der Waals surface area contributed by atoms with E-state index in [9.17, 15) is 32.3 Å². The molecule has 0 aromatic heterocycles. The molecular weight excluding hydrogens is 535 g/mol. The third-order valence-electron chi connectivity index (χ3n) is 6.39. The molecule has 0 bridgehead atoms. The number of ketones is 2. The lowest BCUT2D eigenvalue weighted by atomic mass is 9.84. The number of ether oxygens (including phenoxy) is 1. The molecule has 1 heterocycles. The molecule has 4 aromatic carbocycles. The number of amides is 1. The van der Waals surface area contributed by atoms with Gasteiger partial charge in [0, 0.05) is 11.1 Å². The third kappa shape index (κ3) is 5.00. The quantitative estimate of drug-likeness (QED) is 0.129. The standard InChI is InChI=1S/C29H17ClF3NO5/c30-21-12-11-18(29(31,32)33)14-22(21)34-27(37)25(36)23(26-19-7-3-4-8-20(19)28(38)39-26)24(35)17-10-9-15-5-1-2-6-16(15)13-17/h1-14,23,26H,(H,34,37)/t23-,26-/m1/s1. The number of Topliss-reactive ketones (excluding diaryl/α,β-unsaturated/α-hetero) is 2. The van der Waals surface area contributed by atoms with Crippen LogP contribution in [0.5, 0.6) is 0 Å². The molecule has 5 rings (SSSR count). The molecule has 1 aliphatic rings. The number of esters is 1. The van der Waals surface area contributed by atoms with Crippen LogP contribution < -0.4 is 5.32 Å². The van der Waals surface area contributed by atoms with Gasteiger partial charge in [-0.25, -0.2) is 4.79 Å². The molecule has 1 N–H and O–H groups in total. The van der Waals surface area contributed by atoms with Gasteiger partial charge < -0.3 is 10.1 Å². The number of hydrogen-bond acceptors (Lipinski definition) is 5. The van der Waals surface area contributed by atoms with Gasteiger partial charge in [0.05, 0.1) is 21.8 Å². The summed E-state index contributed by atoms with van der Waals surface area (Å²) in [6.07, 6.45) is -6.16. The maximum atomic E-state index is 13.8. The average molecular weight is 552 g/mol. The van der Waals surface area contributed by atoms with Crippen LogP contribution in [0.3, 0.4) is 0 Å². The number of halogens is 4. The zero-order chi connectivity index (χ0) is 27.9. The number of carbonyl (C=O) groups excluding carboxylic acids is 4. The van der Waals surface area contributed by atoms with Gasteiger partial charge in [0.2, 0.25) is 5.78 Å². The first-order chi connectivity index (χ1) is 18.5. The first kappa shape index (κ1) is 26.1. The van der Waals surface area contributed by atoms with Crippen molar-refractivity contribution in [2.45, 2.75) is 12.3 Å². The summed E-state index contributed by atoms with van der Waals surface area (Å²) in [5.41, 5.74) is -1.12. The molecule has 0 aliphatic carbocycles. The van der Waals surface area contributed by atoms with Crippen LogP contribution in [0, 0.1) is 5.92 Å². The van der Waals surface area contributed by atoms with Crippen LogP contribution in [-0.2, 0) is 20.5 Å². The van der Waals surface area contributed by atoms with Crippen molar-refractivity contribution in [3.05, 3.63) is 112 Å². The van der Waals surface area contributed by atoms with E-state index in [0.29, 0.717) is 11.5 Å². The normalized spacial score (nSPS) is 15.4. The van der Waals surface area contributed by atoms with E-state index in [1.54, 1.807) is 36.4 Å². The highest BCUT2D eigenvalue weighted by atomic mass is 35.5. The number of alkyl halides is 3. The van der Waals surface area contributed by atoms with Crippen molar-refractivity contribution >= 4 is 51.5 Å². The van der Waals surface area contributed by atoms with E-state index in [1.165, 1.54) is 18.2 Å². The first-order valence-electron chi connectivity index (χ1n) is 11.6. The molecule has 39 heavy (non-hydrogen) atoms. The van der Waals surface area contributed by atoms with E-state index in [1.807, 2.05) is 12.1 Å². The fraction of sp³-hybridized carbons (Fsp3) is 0.103. The molecule has 1 aliphatic heterocycles. The number of hydrogen-bond donors (Lipinski definition) is 1. The Hall–Kier alpha value is -4.50. The minimum absolute atomic E-state index is 0.0809. The molecular formula is C29H17ClF3NO5. The fourth-order valence-electron chi connectivity index (χ4n) is 4.46. The van der Waals surface area contributed by atoms with E-state index in [-0.39, 0.29) is 21.7 Å². The summed E-state index contributed by atoms with van der Waals surface area (Å²) in [4.78, 5) is 52.9. The Kier molecular flexibility index (Phi) is 6.69. The van der Waals surface area contributed by atoms with Gasteiger partial charge in [-0.15, -0.1) is 0 Å². The van der Waals surface area contributed by atoms with Gasteiger partial charge in [-0.2, -0.15) is 13.2 Å². The fourth-order valence-corrected chi connectivity index (χ4v) is 4.62. The Morgan fingerprint density at radius 3 is 2.31 bits per heavy atom. The molecule has 0 saturated heterocycles. The van der Waals surface area contributed by atoms with Crippen molar-refractivity contribution < 1.29 is 37.1 Å². The number of carbonyl (C=O) groups is 4. The van der Waals surface area contributed by atoms with Gasteiger partial charge in [-0.1, -0.05) is 66.2 Å². The van der Waals surface area contributed by atoms with Crippen molar-refractivity contribution in [2.24, 2.45) is 5.92 Å². The van der Waals surface area contributed by atoms with Crippen LogP contribution in [0.25, 0.3) is 10.8 Å². The lowest BCUT2D eigenvalue weighted by Gasteiger charge is -2.21. The molecule has 0 unspecified atom stereocenters. The van der Waals surface area contributed by atoms with Crippen molar-refractivity contribution in [1.82, 2.24) is 0 Å². The zero-order valence-corrected chi connectivity index (χ0v) is 20.5. The second kappa shape index (κ2) is 9.99. The summed E-state index contributed by atoms with van der Waals surface area (Å²) < 4.78 is 45.0. The molecule has 196 valence electrons. The number of fused-ring (bicyclic) bond motifs is 2. The number of benzene rings is 4. The Morgan fingerprint density at radius 2 is 1.56 bits per heavy atom. The van der Waals surface area contributed by atoms with Crippen LogP contribution in [0.1, 0.15) is 37.9 Å². The van der Waals surface area contributed by atoms with Gasteiger partial charge in [-0.3, -0.25) is 14.4 Å². The van der Waals surface area contributed by atoms with Crippen LogP contribution in [0.2, 0.25) is 5.02 Å². The Morgan fingerprint density at radius 1 is 0.872 bits per heavy atom. The second-order valence-electron chi connectivity index (χ2n) is 8.83. The largest absolute Gasteiger partial charge is 0.453 e. The minimum Gasteiger partial charge on any atom is -0.453 e. The van der Waals surface area contributed by atoms with E-state index < -0.39 is 52.9 Å². The lowest BCUT2D eigenvalue weighted by molar-refractivity contribution is -0.138. The smallest absolute Gasteiger partial charge is 0.416 e. The van der Waals surface area contributed by atoms with Crippen LogP contribution in [0.15, 0.2) is 84.9 Å². The van der Waals surface area contributed by atoms with Crippen molar-refractivity contribution in [1.29, 1.82) is 0 Å². The van der Waals surface area contributed by atoms with E-state index in [0.717, 1.165) is 17.5 Å². The third-order valence-corrected chi connectivity index (χ3v) is 6.72. The van der Waals surface area contributed by atoms with Crippen molar-refractivity contribution in [3.8, 4) is 0 Å². The summed E-state index contributed by atoms with van der Waals surface area (Å²) in [6.45, 7) is 0. The van der Waals surface area contributed by atoms with Gasteiger partial charge in [0.15, 0.2) is 5.78 Å². The lowest BCUT2D eigenvalue weighted by Crippen LogP contribution is -2.38. The number of cyclic esters (lactones) is 1. The van der Waals surface area contributed by atoms with E-state index in [4.69, 9.17) is 16.3 Å². The summed E-state index contributed by atoms with van der Waals surface area (Å²) in [5, 5.41) is 3.35. The minimum atomic E-state index is -4.73. The SMILES string of the molecule is O=C(Nc1cc(C(F)(F)F)ccc1Cl)C(=O)[C@@H](C(=O)c1ccc2ccccc2c1)[C@@H]1OC(=O)c2ccccc21. The van der Waals surface area contributed by atoms with Crippen LogP contribution in [-0.4, -0.2) is 23.4 Å². The predicted molar refractivity (Wildman–Crippen MR) is 136 cm³/mol. The molecule has 0 fully saturated rings. The van der Waals surface area contributed by atoms with Crippen molar-refractivity contribution in [2.75, 3.05) is 5.32 Å². The Balaban J connectivity index is 1.54. The molecule has 4 aromatic rings. The monoisotopic (exact) mass is 551 g/mol. The highest BCUT2D eigenvalue weighted by Gasteiger charge is 2.46. The van der Waals surface area contributed by atoms with Gasteiger partial charge >= 0.3 is 12.1 Å². The molecule has 2 atom stereocenters. The highest BCUT2D eigenvalue weighted by molar-refractivity contribution is 6.46. The van der Waals surface area contributed by atoms with E-state index >= 15 is 0 Å². The molecule has 0 saturated carbocycles. The van der Waals surface area contributed by atoms with Gasteiger partial charge in [-0.05, 0) is 41.1 Å². The van der Waals surface area contributed by atoms with Crippen molar-refractivity contribution in [3.63, 3.8) is 0 Å². The Bertz CT molecular complexity index is 1670. The summed E-state index contributed by atoms with van der Waals surface area (Å²) in [6, 6.07) is 20.2. The summed E-state index contributed by atoms with van der Waals surface area (Å²) >= 11 is 5.97. The summed E-state index contributed by atoms with van der Waals surface area (Å²) in [7, 11) is 0. The zero-order valence-electron chi connectivity index (χ0n) is 19.8. The van der Waals surface area contributed by atoms with E-state index in [2.05, 4.69) is 5.32 Å². The average Bonchev–Trinajstić information content (AvgIpc) is 3.24. The molecule has 6 nitrogen and oxygen atoms in total. The molecule has 0 spiro atoms. The number of nitrogens with one attached hydrogen (secondary N) is 1. The molecule has 0 radical (unpaired) electrons. The molecule has 1 amide bonds. The Labute approximate surface area is 224 Å². The van der Waals surface area contributed by atoms with Crippen LogP contribution >= 0.6 is 11.6 Å². The number of rotatable bonds is 6. The first-order valence-corrected chi connectivity index (χ1v) is 12.0. The second-order valence-corrected chi connectivity index (χ2v) is 9.23. The highest BCUT2D eigenvalue weighted by Crippen LogP contribution is 2.39. The maximum Gasteiger partial charge on any atom is 0.416 e. The maximum absolute atomic E-state index is 13.8. The number of anilines is 1. The van der Waals surface area contributed by atoms with Gasteiger partial charge in [0.1, 0.15) is 12.0 Å². The summed E-state index contributed by atoms with van der Waals surface area (Å²) in [5.74, 6) is -6.10.